The van der Waals surface area contributed by atoms with Crippen molar-refractivity contribution in [2.45, 2.75) is 11.4 Å². The maximum absolute atomic E-state index is 14.1. The fraction of sp³-hybridized carbons (Fsp3) is 0.316. The summed E-state index contributed by atoms with van der Waals surface area (Å²) in [5.74, 6) is -0.802. The molecule has 0 fully saturated rings. The van der Waals surface area contributed by atoms with Crippen molar-refractivity contribution in [1.29, 1.82) is 0 Å². The molecular formula is C19H22FNO7S. The van der Waals surface area contributed by atoms with Crippen LogP contribution in [0.25, 0.3) is 0 Å². The van der Waals surface area contributed by atoms with Gasteiger partial charge in [0.05, 0.1) is 33.3 Å². The Morgan fingerprint density at radius 2 is 1.59 bits per heavy atom. The Bertz CT molecular complexity index is 956. The lowest BCUT2D eigenvalue weighted by Crippen LogP contribution is -2.35. The first-order valence-corrected chi connectivity index (χ1v) is 9.81. The Labute approximate surface area is 168 Å². The highest BCUT2D eigenvalue weighted by atomic mass is 32.2. The molecule has 0 N–H and O–H groups in total. The molecule has 0 radical (unpaired) electrons. The van der Waals surface area contributed by atoms with Crippen molar-refractivity contribution >= 4 is 16.0 Å². The molecule has 0 aromatic heterocycles. The fourth-order valence-corrected chi connectivity index (χ4v) is 3.94. The molecule has 0 unspecified atom stereocenters. The van der Waals surface area contributed by atoms with E-state index in [-0.39, 0.29) is 17.2 Å². The summed E-state index contributed by atoms with van der Waals surface area (Å²) in [6.45, 7) is -0.759. The van der Waals surface area contributed by atoms with Gasteiger partial charge in [0.25, 0.3) is 0 Å². The van der Waals surface area contributed by atoms with E-state index in [4.69, 9.17) is 14.2 Å². The highest BCUT2D eigenvalue weighted by molar-refractivity contribution is 7.89. The SMILES string of the molecule is COC(=O)CN(Cc1cc(OC)cc(OC)c1)S(=O)(=O)c1ccc(OC)c(F)c1. The molecule has 158 valence electrons. The lowest BCUT2D eigenvalue weighted by Gasteiger charge is -2.22. The van der Waals surface area contributed by atoms with E-state index in [0.29, 0.717) is 17.1 Å². The molecule has 29 heavy (non-hydrogen) atoms. The normalized spacial score (nSPS) is 11.2. The van der Waals surface area contributed by atoms with Gasteiger partial charge >= 0.3 is 5.97 Å². The molecule has 10 heteroatoms. The van der Waals surface area contributed by atoms with Gasteiger partial charge in [-0.3, -0.25) is 4.79 Å². The van der Waals surface area contributed by atoms with E-state index in [1.54, 1.807) is 18.2 Å². The van der Waals surface area contributed by atoms with Crippen LogP contribution in [0.15, 0.2) is 41.3 Å². The van der Waals surface area contributed by atoms with Crippen molar-refractivity contribution < 1.29 is 36.6 Å². The van der Waals surface area contributed by atoms with Gasteiger partial charge in [0, 0.05) is 12.6 Å². The maximum atomic E-state index is 14.1. The zero-order valence-electron chi connectivity index (χ0n) is 16.5. The molecule has 0 spiro atoms. The molecule has 0 atom stereocenters. The Balaban J connectivity index is 2.47. The van der Waals surface area contributed by atoms with Crippen molar-refractivity contribution in [3.8, 4) is 17.2 Å². The lowest BCUT2D eigenvalue weighted by atomic mass is 10.2. The number of hydrogen-bond donors (Lipinski definition) is 0. The van der Waals surface area contributed by atoms with E-state index < -0.39 is 28.4 Å². The molecular weight excluding hydrogens is 405 g/mol. The minimum Gasteiger partial charge on any atom is -0.497 e. The molecule has 0 amide bonds. The van der Waals surface area contributed by atoms with Gasteiger partial charge in [0.1, 0.15) is 18.0 Å². The van der Waals surface area contributed by atoms with Crippen molar-refractivity contribution in [2.75, 3.05) is 35.0 Å². The minimum atomic E-state index is -4.24. The van der Waals surface area contributed by atoms with E-state index in [1.807, 2.05) is 0 Å². The summed E-state index contributed by atoms with van der Waals surface area (Å²) in [5.41, 5.74) is 0.502. The number of benzene rings is 2. The third kappa shape index (κ3) is 5.36. The van der Waals surface area contributed by atoms with Crippen LogP contribution in [0.5, 0.6) is 17.2 Å². The van der Waals surface area contributed by atoms with Crippen LogP contribution in [0.2, 0.25) is 0 Å². The lowest BCUT2D eigenvalue weighted by molar-refractivity contribution is -0.140. The van der Waals surface area contributed by atoms with Crippen LogP contribution in [0, 0.1) is 5.82 Å². The van der Waals surface area contributed by atoms with Gasteiger partial charge in [-0.25, -0.2) is 12.8 Å². The van der Waals surface area contributed by atoms with Crippen molar-refractivity contribution in [3.63, 3.8) is 0 Å². The molecule has 2 rings (SSSR count). The van der Waals surface area contributed by atoms with Crippen LogP contribution < -0.4 is 14.2 Å². The van der Waals surface area contributed by atoms with Gasteiger partial charge in [-0.05, 0) is 35.9 Å². The van der Waals surface area contributed by atoms with Gasteiger partial charge in [0.2, 0.25) is 10.0 Å². The van der Waals surface area contributed by atoms with Gasteiger partial charge < -0.3 is 18.9 Å². The quantitative estimate of drug-likeness (QED) is 0.567. The Kier molecular flexibility index (Phi) is 7.40. The smallest absolute Gasteiger partial charge is 0.321 e. The van der Waals surface area contributed by atoms with E-state index >= 15 is 0 Å². The van der Waals surface area contributed by atoms with E-state index in [2.05, 4.69) is 4.74 Å². The molecule has 0 aliphatic carbocycles. The van der Waals surface area contributed by atoms with E-state index in [0.717, 1.165) is 17.5 Å². The van der Waals surface area contributed by atoms with Gasteiger partial charge in [0.15, 0.2) is 11.6 Å². The first-order valence-electron chi connectivity index (χ1n) is 8.37. The van der Waals surface area contributed by atoms with Crippen molar-refractivity contribution in [1.82, 2.24) is 4.31 Å². The number of sulfonamides is 1. The number of rotatable bonds is 9. The number of carbonyl (C=O) groups excluding carboxylic acids is 1. The molecule has 0 aliphatic heterocycles. The summed E-state index contributed by atoms with van der Waals surface area (Å²) in [5, 5.41) is 0. The number of hydrogen-bond acceptors (Lipinski definition) is 7. The maximum Gasteiger partial charge on any atom is 0.321 e. The second kappa shape index (κ2) is 9.57. The topological polar surface area (TPSA) is 91.4 Å². The number of methoxy groups -OCH3 is 4. The standard InChI is InChI=1S/C19H22FNO7S/c1-25-14-7-13(8-15(9-14)26-2)11-21(12-19(22)28-4)29(23,24)16-5-6-18(27-3)17(20)10-16/h5-10H,11-12H2,1-4H3. The van der Waals surface area contributed by atoms with Gasteiger partial charge in [-0.2, -0.15) is 4.31 Å². The first kappa shape index (κ1) is 22.4. The minimum absolute atomic E-state index is 0.0963. The monoisotopic (exact) mass is 427 g/mol. The zero-order valence-corrected chi connectivity index (χ0v) is 17.3. The number of halogens is 1. The molecule has 0 bridgehead atoms. The van der Waals surface area contributed by atoms with Crippen LogP contribution in [0.3, 0.4) is 0 Å². The number of ether oxygens (including phenoxy) is 4. The predicted molar refractivity (Wildman–Crippen MR) is 102 cm³/mol. The summed E-state index contributed by atoms with van der Waals surface area (Å²) in [6.07, 6.45) is 0. The van der Waals surface area contributed by atoms with Crippen LogP contribution in [0.1, 0.15) is 5.56 Å². The summed E-state index contributed by atoms with van der Waals surface area (Å²) in [4.78, 5) is 11.5. The molecule has 0 aliphatic rings. The third-order valence-electron chi connectivity index (χ3n) is 4.06. The van der Waals surface area contributed by atoms with Gasteiger partial charge in [-0.1, -0.05) is 0 Å². The highest BCUT2D eigenvalue weighted by Gasteiger charge is 2.28. The van der Waals surface area contributed by atoms with Gasteiger partial charge in [-0.15, -0.1) is 0 Å². The second-order valence-electron chi connectivity index (χ2n) is 5.87. The van der Waals surface area contributed by atoms with Crippen LogP contribution in [-0.2, 0) is 26.1 Å². The molecule has 0 saturated heterocycles. The summed E-state index contributed by atoms with van der Waals surface area (Å²) in [6, 6.07) is 8.08. The fourth-order valence-electron chi connectivity index (χ4n) is 2.55. The largest absolute Gasteiger partial charge is 0.497 e. The molecule has 8 nitrogen and oxygen atoms in total. The van der Waals surface area contributed by atoms with E-state index in [1.165, 1.54) is 33.5 Å². The average molecular weight is 427 g/mol. The summed E-state index contributed by atoms with van der Waals surface area (Å²) >= 11 is 0. The third-order valence-corrected chi connectivity index (χ3v) is 5.85. The zero-order chi connectivity index (χ0) is 21.6. The Morgan fingerprint density at radius 3 is 2.07 bits per heavy atom. The Hall–Kier alpha value is -2.85. The Morgan fingerprint density at radius 1 is 0.966 bits per heavy atom. The molecule has 0 heterocycles. The summed E-state index contributed by atoms with van der Waals surface area (Å²) in [7, 11) is 1.10. The molecule has 2 aromatic rings. The van der Waals surface area contributed by atoms with Crippen molar-refractivity contribution in [2.24, 2.45) is 0 Å². The average Bonchev–Trinajstić information content (AvgIpc) is 2.72. The second-order valence-corrected chi connectivity index (χ2v) is 7.80. The highest BCUT2D eigenvalue weighted by Crippen LogP contribution is 2.27. The van der Waals surface area contributed by atoms with Crippen LogP contribution in [-0.4, -0.2) is 53.7 Å². The number of carbonyl (C=O) groups is 1. The first-order chi connectivity index (χ1) is 13.7. The molecule has 0 saturated carbocycles. The predicted octanol–water partition coefficient (Wildman–Crippen LogP) is 2.22. The number of esters is 1. The van der Waals surface area contributed by atoms with Crippen LogP contribution >= 0.6 is 0 Å². The van der Waals surface area contributed by atoms with Crippen molar-refractivity contribution in [3.05, 3.63) is 47.8 Å². The number of nitrogens with zero attached hydrogens (tertiary/aromatic N) is 1. The van der Waals surface area contributed by atoms with Crippen LogP contribution in [0.4, 0.5) is 4.39 Å². The summed E-state index contributed by atoms with van der Waals surface area (Å²) < 4.78 is 60.9. The van der Waals surface area contributed by atoms with E-state index in [9.17, 15) is 17.6 Å². The molecule has 2 aromatic carbocycles.